The molecule has 0 saturated carbocycles. The van der Waals surface area contributed by atoms with E-state index >= 15 is 0 Å². The molecule has 0 aliphatic heterocycles. The predicted molar refractivity (Wildman–Crippen MR) is 97.2 cm³/mol. The summed E-state index contributed by atoms with van der Waals surface area (Å²) in [7, 11) is 0. The van der Waals surface area contributed by atoms with Crippen LogP contribution in [0.5, 0.6) is 0 Å². The third kappa shape index (κ3) is 5.03. The number of nitrogens with one attached hydrogen (secondary N) is 2. The molecule has 2 N–H and O–H groups in total. The molecule has 5 nitrogen and oxygen atoms in total. The van der Waals surface area contributed by atoms with E-state index in [4.69, 9.17) is 0 Å². The largest absolute Gasteiger partial charge is 0.326 e. The molecule has 0 bridgehead atoms. The summed E-state index contributed by atoms with van der Waals surface area (Å²) in [6, 6.07) is 12.0. The lowest BCUT2D eigenvalue weighted by molar-refractivity contribution is -0.123. The van der Waals surface area contributed by atoms with Crippen molar-refractivity contribution in [3.63, 3.8) is 0 Å². The Bertz CT molecular complexity index is 785. The van der Waals surface area contributed by atoms with Gasteiger partial charge in [0.2, 0.25) is 11.8 Å². The summed E-state index contributed by atoms with van der Waals surface area (Å²) in [4.78, 5) is 35.1. The highest BCUT2D eigenvalue weighted by molar-refractivity contribution is 9.10. The summed E-state index contributed by atoms with van der Waals surface area (Å²) >= 11 is 3.36. The summed E-state index contributed by atoms with van der Waals surface area (Å²) in [6.07, 6.45) is -0.288. The summed E-state index contributed by atoms with van der Waals surface area (Å²) in [5, 5.41) is 5.34. The van der Waals surface area contributed by atoms with Crippen molar-refractivity contribution in [1.82, 2.24) is 0 Å². The second-order valence-corrected chi connectivity index (χ2v) is 6.28. The average Bonchev–Trinajstić information content (AvgIpc) is 2.50. The number of amides is 2. The van der Waals surface area contributed by atoms with Crippen molar-refractivity contribution >= 4 is 44.9 Å². The number of Topliss-reactive ketones (excluding diaryl/α,β-unsaturated/α-hetero) is 1. The van der Waals surface area contributed by atoms with E-state index in [1.165, 1.54) is 6.92 Å². The number of carbonyl (C=O) groups excluding carboxylic acids is 3. The van der Waals surface area contributed by atoms with Gasteiger partial charge in [-0.15, -0.1) is 0 Å². The van der Waals surface area contributed by atoms with E-state index in [0.717, 1.165) is 10.0 Å². The van der Waals surface area contributed by atoms with Gasteiger partial charge in [-0.2, -0.15) is 0 Å². The number of halogens is 1. The Hall–Kier alpha value is -2.47. The zero-order valence-corrected chi connectivity index (χ0v) is 14.9. The van der Waals surface area contributed by atoms with Gasteiger partial charge in [-0.25, -0.2) is 0 Å². The lowest BCUT2D eigenvalue weighted by atomic mass is 10.1. The lowest BCUT2D eigenvalue weighted by Crippen LogP contribution is -2.21. The zero-order chi connectivity index (χ0) is 17.7. The molecule has 2 aromatic rings. The van der Waals surface area contributed by atoms with E-state index in [1.54, 1.807) is 30.3 Å². The van der Waals surface area contributed by atoms with E-state index < -0.39 is 11.8 Å². The molecular formula is C18H17BrN2O3. The molecule has 0 aromatic heterocycles. The molecule has 0 unspecified atom stereocenters. The fraction of sp³-hybridized carbons (Fsp3) is 0.167. The summed E-state index contributed by atoms with van der Waals surface area (Å²) < 4.78 is 0.921. The van der Waals surface area contributed by atoms with Gasteiger partial charge in [0.15, 0.2) is 5.78 Å². The number of hydrogen-bond acceptors (Lipinski definition) is 3. The van der Waals surface area contributed by atoms with Crippen LogP contribution >= 0.6 is 15.9 Å². The molecule has 0 radical (unpaired) electrons. The monoisotopic (exact) mass is 388 g/mol. The summed E-state index contributed by atoms with van der Waals surface area (Å²) in [5.74, 6) is -0.853. The third-order valence-electron chi connectivity index (χ3n) is 3.36. The van der Waals surface area contributed by atoms with Crippen LogP contribution in [-0.4, -0.2) is 17.6 Å². The minimum absolute atomic E-state index is 0.0443. The van der Waals surface area contributed by atoms with Crippen molar-refractivity contribution in [3.8, 4) is 0 Å². The topological polar surface area (TPSA) is 75.3 Å². The maximum Gasteiger partial charge on any atom is 0.233 e. The first-order chi connectivity index (χ1) is 11.3. The number of benzene rings is 2. The van der Waals surface area contributed by atoms with Gasteiger partial charge >= 0.3 is 0 Å². The smallest absolute Gasteiger partial charge is 0.233 e. The second-order valence-electron chi connectivity index (χ2n) is 5.37. The molecule has 0 atom stereocenters. The van der Waals surface area contributed by atoms with E-state index in [0.29, 0.717) is 16.9 Å². The molecule has 0 fully saturated rings. The van der Waals surface area contributed by atoms with Crippen LogP contribution in [0.25, 0.3) is 0 Å². The van der Waals surface area contributed by atoms with Crippen molar-refractivity contribution < 1.29 is 14.4 Å². The van der Waals surface area contributed by atoms with Gasteiger partial charge in [-0.3, -0.25) is 14.4 Å². The van der Waals surface area contributed by atoms with E-state index in [9.17, 15) is 14.4 Å². The molecule has 0 saturated heterocycles. The normalized spacial score (nSPS) is 10.1. The summed E-state index contributed by atoms with van der Waals surface area (Å²) in [6.45, 7) is 3.35. The van der Waals surface area contributed by atoms with Crippen molar-refractivity contribution in [3.05, 3.63) is 58.1 Å². The molecule has 2 aromatic carbocycles. The van der Waals surface area contributed by atoms with Crippen LogP contribution in [-0.2, 0) is 9.59 Å². The quantitative estimate of drug-likeness (QED) is 0.601. The molecular weight excluding hydrogens is 372 g/mol. The van der Waals surface area contributed by atoms with Crippen LogP contribution in [0.2, 0.25) is 0 Å². The van der Waals surface area contributed by atoms with Crippen LogP contribution in [0.15, 0.2) is 46.9 Å². The predicted octanol–water partition coefficient (Wildman–Crippen LogP) is 3.93. The fourth-order valence-electron chi connectivity index (χ4n) is 2.10. The maximum absolute atomic E-state index is 12.0. The number of anilines is 2. The Morgan fingerprint density at radius 1 is 0.958 bits per heavy atom. The van der Waals surface area contributed by atoms with Crippen molar-refractivity contribution in [2.75, 3.05) is 10.6 Å². The van der Waals surface area contributed by atoms with Crippen molar-refractivity contribution in [2.24, 2.45) is 0 Å². The molecule has 0 heterocycles. The molecule has 0 aliphatic carbocycles. The SMILES string of the molecule is CC(=O)c1ccc(NC(=O)CC(=O)Nc2ccc(Br)cc2C)cc1. The molecule has 0 aliphatic rings. The van der Waals surface area contributed by atoms with Crippen LogP contribution in [0.1, 0.15) is 29.3 Å². The van der Waals surface area contributed by atoms with E-state index in [1.807, 2.05) is 19.1 Å². The molecule has 2 rings (SSSR count). The Labute approximate surface area is 148 Å². The minimum Gasteiger partial charge on any atom is -0.326 e. The van der Waals surface area contributed by atoms with Gasteiger partial charge in [0.25, 0.3) is 0 Å². The van der Waals surface area contributed by atoms with Gasteiger partial charge in [-0.1, -0.05) is 15.9 Å². The summed E-state index contributed by atoms with van der Waals surface area (Å²) in [5.41, 5.74) is 2.67. The van der Waals surface area contributed by atoms with Gasteiger partial charge in [0, 0.05) is 21.4 Å². The van der Waals surface area contributed by atoms with E-state index in [-0.39, 0.29) is 12.2 Å². The first-order valence-corrected chi connectivity index (χ1v) is 8.11. The van der Waals surface area contributed by atoms with Crippen LogP contribution in [0.4, 0.5) is 11.4 Å². The van der Waals surface area contributed by atoms with Crippen molar-refractivity contribution in [1.29, 1.82) is 0 Å². The number of aryl methyl sites for hydroxylation is 1. The Balaban J connectivity index is 1.91. The molecule has 0 spiro atoms. The van der Waals surface area contributed by atoms with Crippen LogP contribution in [0.3, 0.4) is 0 Å². The van der Waals surface area contributed by atoms with Gasteiger partial charge in [0.05, 0.1) is 0 Å². The Morgan fingerprint density at radius 3 is 2.17 bits per heavy atom. The standard InChI is InChI=1S/C18H17BrN2O3/c1-11-9-14(19)5-8-16(11)21-18(24)10-17(23)20-15-6-3-13(4-7-15)12(2)22/h3-9H,10H2,1-2H3,(H,20,23)(H,21,24). The Kier molecular flexibility index (Phi) is 5.87. The maximum atomic E-state index is 12.0. The van der Waals surface area contributed by atoms with Crippen LogP contribution < -0.4 is 10.6 Å². The van der Waals surface area contributed by atoms with Gasteiger partial charge < -0.3 is 10.6 Å². The van der Waals surface area contributed by atoms with Gasteiger partial charge in [-0.05, 0) is 61.9 Å². The average molecular weight is 389 g/mol. The third-order valence-corrected chi connectivity index (χ3v) is 3.85. The number of hydrogen-bond donors (Lipinski definition) is 2. The highest BCUT2D eigenvalue weighted by Gasteiger charge is 2.11. The Morgan fingerprint density at radius 2 is 1.58 bits per heavy atom. The first kappa shape index (κ1) is 17.9. The van der Waals surface area contributed by atoms with E-state index in [2.05, 4.69) is 26.6 Å². The first-order valence-electron chi connectivity index (χ1n) is 7.32. The molecule has 24 heavy (non-hydrogen) atoms. The number of ketones is 1. The van der Waals surface area contributed by atoms with Crippen LogP contribution in [0, 0.1) is 6.92 Å². The zero-order valence-electron chi connectivity index (χ0n) is 13.4. The van der Waals surface area contributed by atoms with Gasteiger partial charge in [0.1, 0.15) is 6.42 Å². The minimum atomic E-state index is -0.419. The second kappa shape index (κ2) is 7.88. The molecule has 6 heteroatoms. The lowest BCUT2D eigenvalue weighted by Gasteiger charge is -2.09. The highest BCUT2D eigenvalue weighted by atomic mass is 79.9. The molecule has 124 valence electrons. The number of carbonyl (C=O) groups is 3. The van der Waals surface area contributed by atoms with Crippen molar-refractivity contribution in [2.45, 2.75) is 20.3 Å². The highest BCUT2D eigenvalue weighted by Crippen LogP contribution is 2.20. The molecule has 2 amide bonds. The number of rotatable bonds is 5. The fourth-order valence-corrected chi connectivity index (χ4v) is 2.58.